The summed E-state index contributed by atoms with van der Waals surface area (Å²) in [6, 6.07) is 16.6. The van der Waals surface area contributed by atoms with Crippen LogP contribution in [-0.4, -0.2) is 21.8 Å². The van der Waals surface area contributed by atoms with Crippen LogP contribution < -0.4 is 5.32 Å². The van der Waals surface area contributed by atoms with Gasteiger partial charge in [0.1, 0.15) is 0 Å². The van der Waals surface area contributed by atoms with E-state index in [2.05, 4.69) is 81.5 Å². The Kier molecular flexibility index (Phi) is 5.63. The minimum atomic E-state index is 0.411. The summed E-state index contributed by atoms with van der Waals surface area (Å²) in [7, 11) is 0. The normalized spacial score (nSPS) is 12.1. The van der Waals surface area contributed by atoms with E-state index >= 15 is 0 Å². The zero-order valence-electron chi connectivity index (χ0n) is 13.7. The SMILES string of the molecule is Cc1ccccc1NC[C@H](C)Sc1ncc(-c2ccc(Br)cc2)[nH]1. The smallest absolute Gasteiger partial charge is 0.166 e. The van der Waals surface area contributed by atoms with E-state index in [0.717, 1.165) is 27.4 Å². The van der Waals surface area contributed by atoms with Crippen LogP contribution in [0.1, 0.15) is 12.5 Å². The van der Waals surface area contributed by atoms with Crippen molar-refractivity contribution in [1.82, 2.24) is 9.97 Å². The molecule has 0 saturated heterocycles. The largest absolute Gasteiger partial charge is 0.384 e. The molecule has 0 radical (unpaired) electrons. The lowest BCUT2D eigenvalue weighted by molar-refractivity contribution is 0.972. The molecule has 0 aliphatic carbocycles. The van der Waals surface area contributed by atoms with Gasteiger partial charge in [-0.1, -0.05) is 64.9 Å². The fraction of sp³-hybridized carbons (Fsp3) is 0.211. The number of anilines is 1. The van der Waals surface area contributed by atoms with Gasteiger partial charge in [0.2, 0.25) is 0 Å². The van der Waals surface area contributed by atoms with Gasteiger partial charge in [0.05, 0.1) is 11.9 Å². The first-order valence-corrected chi connectivity index (χ1v) is 9.56. The van der Waals surface area contributed by atoms with Crippen molar-refractivity contribution in [2.75, 3.05) is 11.9 Å². The third kappa shape index (κ3) is 4.42. The second-order valence-corrected chi connectivity index (χ2v) is 8.08. The summed E-state index contributed by atoms with van der Waals surface area (Å²) in [5, 5.41) is 4.87. The molecule has 0 unspecified atom stereocenters. The first kappa shape index (κ1) is 17.1. The first-order valence-electron chi connectivity index (χ1n) is 7.89. The topological polar surface area (TPSA) is 40.7 Å². The number of hydrogen-bond donors (Lipinski definition) is 2. The number of imidazole rings is 1. The van der Waals surface area contributed by atoms with Gasteiger partial charge in [-0.2, -0.15) is 0 Å². The van der Waals surface area contributed by atoms with Gasteiger partial charge in [-0.15, -0.1) is 0 Å². The van der Waals surface area contributed by atoms with Crippen LogP contribution in [0.2, 0.25) is 0 Å². The molecule has 3 aromatic rings. The molecule has 0 fully saturated rings. The van der Waals surface area contributed by atoms with E-state index in [0.29, 0.717) is 5.25 Å². The molecule has 0 spiro atoms. The summed E-state index contributed by atoms with van der Waals surface area (Å²) in [4.78, 5) is 7.89. The van der Waals surface area contributed by atoms with Gasteiger partial charge in [-0.3, -0.25) is 0 Å². The molecule has 1 heterocycles. The molecule has 0 amide bonds. The van der Waals surface area contributed by atoms with Gasteiger partial charge in [0.15, 0.2) is 5.16 Å². The number of aromatic nitrogens is 2. The van der Waals surface area contributed by atoms with Crippen LogP contribution >= 0.6 is 27.7 Å². The lowest BCUT2D eigenvalue weighted by atomic mass is 10.2. The Morgan fingerprint density at radius 1 is 1.17 bits per heavy atom. The Labute approximate surface area is 155 Å². The maximum Gasteiger partial charge on any atom is 0.166 e. The average Bonchev–Trinajstić information content (AvgIpc) is 3.03. The predicted molar refractivity (Wildman–Crippen MR) is 107 cm³/mol. The minimum absolute atomic E-state index is 0.411. The maximum absolute atomic E-state index is 4.50. The number of aryl methyl sites for hydroxylation is 1. The van der Waals surface area contributed by atoms with Crippen molar-refractivity contribution >= 4 is 33.4 Å². The number of hydrogen-bond acceptors (Lipinski definition) is 3. The number of H-pyrrole nitrogens is 1. The highest BCUT2D eigenvalue weighted by atomic mass is 79.9. The van der Waals surface area contributed by atoms with E-state index in [9.17, 15) is 0 Å². The Balaban J connectivity index is 1.58. The van der Waals surface area contributed by atoms with Crippen molar-refractivity contribution in [1.29, 1.82) is 0 Å². The van der Waals surface area contributed by atoms with Crippen molar-refractivity contribution < 1.29 is 0 Å². The van der Waals surface area contributed by atoms with Gasteiger partial charge in [-0.25, -0.2) is 4.98 Å². The Hall–Kier alpha value is -1.72. The highest BCUT2D eigenvalue weighted by molar-refractivity contribution is 9.10. The molecule has 1 aromatic heterocycles. The molecule has 3 rings (SSSR count). The number of nitrogens with one attached hydrogen (secondary N) is 2. The zero-order valence-corrected chi connectivity index (χ0v) is 16.1. The molecule has 0 aliphatic rings. The van der Waals surface area contributed by atoms with Crippen molar-refractivity contribution in [3.05, 3.63) is 64.8 Å². The van der Waals surface area contributed by atoms with Crippen molar-refractivity contribution in [3.8, 4) is 11.3 Å². The first-order chi connectivity index (χ1) is 11.6. The second-order valence-electron chi connectivity index (χ2n) is 5.73. The van der Waals surface area contributed by atoms with Crippen LogP contribution in [0.5, 0.6) is 0 Å². The predicted octanol–water partition coefficient (Wildman–Crippen LogP) is 5.74. The fourth-order valence-electron chi connectivity index (χ4n) is 2.40. The van der Waals surface area contributed by atoms with Gasteiger partial charge >= 0.3 is 0 Å². The number of nitrogens with zero attached hydrogens (tertiary/aromatic N) is 1. The van der Waals surface area contributed by atoms with E-state index in [1.807, 2.05) is 18.3 Å². The molecular weight excluding hydrogens is 382 g/mol. The summed E-state index contributed by atoms with van der Waals surface area (Å²) < 4.78 is 1.08. The minimum Gasteiger partial charge on any atom is -0.384 e. The third-order valence-corrected chi connectivity index (χ3v) is 5.27. The number of aromatic amines is 1. The molecule has 5 heteroatoms. The van der Waals surface area contributed by atoms with Gasteiger partial charge < -0.3 is 10.3 Å². The monoisotopic (exact) mass is 401 g/mol. The Bertz CT molecular complexity index is 798. The zero-order chi connectivity index (χ0) is 16.9. The van der Waals surface area contributed by atoms with E-state index in [1.54, 1.807) is 11.8 Å². The lowest BCUT2D eigenvalue weighted by Gasteiger charge is -2.13. The van der Waals surface area contributed by atoms with Crippen LogP contribution in [-0.2, 0) is 0 Å². The molecule has 0 bridgehead atoms. The lowest BCUT2D eigenvalue weighted by Crippen LogP contribution is -2.13. The molecule has 24 heavy (non-hydrogen) atoms. The molecule has 1 atom stereocenters. The second kappa shape index (κ2) is 7.90. The van der Waals surface area contributed by atoms with Crippen molar-refractivity contribution in [2.45, 2.75) is 24.3 Å². The number of benzene rings is 2. The summed E-state index contributed by atoms with van der Waals surface area (Å²) in [6.07, 6.45) is 1.90. The highest BCUT2D eigenvalue weighted by Crippen LogP contribution is 2.25. The summed E-state index contributed by atoms with van der Waals surface area (Å²) in [6.45, 7) is 5.22. The average molecular weight is 402 g/mol. The standard InChI is InChI=1S/C19H20BrN3S/c1-13-5-3-4-6-17(13)21-11-14(2)24-19-22-12-18(23-19)15-7-9-16(20)10-8-15/h3-10,12,14,21H,11H2,1-2H3,(H,22,23)/t14-/m0/s1. The van der Waals surface area contributed by atoms with Crippen molar-refractivity contribution in [2.24, 2.45) is 0 Å². The summed E-state index contributed by atoms with van der Waals surface area (Å²) >= 11 is 5.21. The fourth-order valence-corrected chi connectivity index (χ4v) is 3.49. The van der Waals surface area contributed by atoms with Crippen LogP contribution in [0.4, 0.5) is 5.69 Å². The molecule has 2 aromatic carbocycles. The van der Waals surface area contributed by atoms with E-state index in [4.69, 9.17) is 0 Å². The van der Waals surface area contributed by atoms with E-state index in [1.165, 1.54) is 11.3 Å². The van der Waals surface area contributed by atoms with E-state index < -0.39 is 0 Å². The molecule has 3 nitrogen and oxygen atoms in total. The molecule has 124 valence electrons. The van der Waals surface area contributed by atoms with E-state index in [-0.39, 0.29) is 0 Å². The number of para-hydroxylation sites is 1. The van der Waals surface area contributed by atoms with Gasteiger partial charge in [0.25, 0.3) is 0 Å². The van der Waals surface area contributed by atoms with Crippen LogP contribution in [0.25, 0.3) is 11.3 Å². The number of thioether (sulfide) groups is 1. The molecule has 2 N–H and O–H groups in total. The van der Waals surface area contributed by atoms with Gasteiger partial charge in [0, 0.05) is 22.0 Å². The van der Waals surface area contributed by atoms with Gasteiger partial charge in [-0.05, 0) is 36.2 Å². The number of rotatable bonds is 6. The summed E-state index contributed by atoms with van der Waals surface area (Å²) in [5.74, 6) is 0. The number of halogens is 1. The Morgan fingerprint density at radius 2 is 1.92 bits per heavy atom. The van der Waals surface area contributed by atoms with Crippen molar-refractivity contribution in [3.63, 3.8) is 0 Å². The van der Waals surface area contributed by atoms with Crippen LogP contribution in [0.15, 0.2) is 64.4 Å². The Morgan fingerprint density at radius 3 is 2.67 bits per heavy atom. The summed E-state index contributed by atoms with van der Waals surface area (Å²) in [5.41, 5.74) is 4.65. The molecular formula is C19H20BrN3S. The maximum atomic E-state index is 4.50. The third-order valence-electron chi connectivity index (χ3n) is 3.75. The van der Waals surface area contributed by atoms with Crippen LogP contribution in [0, 0.1) is 6.92 Å². The quantitative estimate of drug-likeness (QED) is 0.517. The molecule has 0 saturated carbocycles. The molecule has 0 aliphatic heterocycles. The highest BCUT2D eigenvalue weighted by Gasteiger charge is 2.09. The van der Waals surface area contributed by atoms with Crippen LogP contribution in [0.3, 0.4) is 0 Å².